The minimum absolute atomic E-state index is 0.0949. The molecule has 1 rings (SSSR count). The molecule has 0 bridgehead atoms. The first-order valence-electron chi connectivity index (χ1n) is 4.67. The number of carboxylic acid groups (broad SMARTS) is 1. The fourth-order valence-electron chi connectivity index (χ4n) is 1.25. The van der Waals surface area contributed by atoms with Gasteiger partial charge in [-0.1, -0.05) is 6.07 Å². The van der Waals surface area contributed by atoms with Crippen LogP contribution in [0.3, 0.4) is 0 Å². The molecule has 0 saturated heterocycles. The van der Waals surface area contributed by atoms with Crippen molar-refractivity contribution in [2.75, 3.05) is 13.7 Å². The van der Waals surface area contributed by atoms with Crippen molar-refractivity contribution in [3.05, 3.63) is 29.3 Å². The van der Waals surface area contributed by atoms with E-state index in [0.29, 0.717) is 17.9 Å². The van der Waals surface area contributed by atoms with E-state index < -0.39 is 5.97 Å². The molecule has 0 heterocycles. The second-order valence-corrected chi connectivity index (χ2v) is 3.14. The van der Waals surface area contributed by atoms with Crippen LogP contribution in [0.4, 0.5) is 0 Å². The number of aliphatic carboxylic acids is 1. The van der Waals surface area contributed by atoms with Gasteiger partial charge >= 0.3 is 5.97 Å². The lowest BCUT2D eigenvalue weighted by molar-refractivity contribution is -0.135. The Balaban J connectivity index is 2.69. The molecular formula is C11H12N2O3. The van der Waals surface area contributed by atoms with Crippen LogP contribution in [0.2, 0.25) is 0 Å². The first-order chi connectivity index (χ1) is 7.67. The van der Waals surface area contributed by atoms with Gasteiger partial charge in [-0.2, -0.15) is 5.26 Å². The first-order valence-corrected chi connectivity index (χ1v) is 4.67. The van der Waals surface area contributed by atoms with E-state index in [0.717, 1.165) is 5.56 Å². The minimum Gasteiger partial charge on any atom is -0.495 e. The molecule has 0 aliphatic rings. The smallest absolute Gasteiger partial charge is 0.317 e. The molecule has 5 nitrogen and oxygen atoms in total. The molecule has 0 saturated carbocycles. The second-order valence-electron chi connectivity index (χ2n) is 3.14. The number of hydrogen-bond acceptors (Lipinski definition) is 4. The van der Waals surface area contributed by atoms with E-state index in [2.05, 4.69) is 5.32 Å². The van der Waals surface area contributed by atoms with Crippen molar-refractivity contribution < 1.29 is 14.6 Å². The third-order valence-electron chi connectivity index (χ3n) is 1.99. The number of hydrogen-bond donors (Lipinski definition) is 2. The standard InChI is InChI=1S/C11H12N2O3/c1-16-10-4-8(2-3-9(10)5-12)6-13-7-11(14)15/h2-4,13H,6-7H2,1H3,(H,14,15). The Hall–Kier alpha value is -2.06. The molecule has 1 aromatic carbocycles. The van der Waals surface area contributed by atoms with Gasteiger partial charge in [-0.3, -0.25) is 4.79 Å². The van der Waals surface area contributed by atoms with Gasteiger partial charge in [0.25, 0.3) is 0 Å². The maximum Gasteiger partial charge on any atom is 0.317 e. The molecule has 0 fully saturated rings. The van der Waals surface area contributed by atoms with E-state index in [1.807, 2.05) is 6.07 Å². The Morgan fingerprint density at radius 2 is 2.38 bits per heavy atom. The molecule has 0 aliphatic heterocycles. The van der Waals surface area contributed by atoms with Gasteiger partial charge in [0, 0.05) is 6.54 Å². The van der Waals surface area contributed by atoms with Crippen LogP contribution in [-0.4, -0.2) is 24.7 Å². The van der Waals surface area contributed by atoms with Gasteiger partial charge in [0.15, 0.2) is 0 Å². The topological polar surface area (TPSA) is 82.3 Å². The Morgan fingerprint density at radius 1 is 1.62 bits per heavy atom. The van der Waals surface area contributed by atoms with E-state index >= 15 is 0 Å². The zero-order valence-electron chi connectivity index (χ0n) is 8.86. The number of carbonyl (C=O) groups is 1. The predicted octanol–water partition coefficient (Wildman–Crippen LogP) is 0.741. The molecule has 0 aromatic heterocycles. The Labute approximate surface area is 93.3 Å². The molecule has 0 unspecified atom stereocenters. The highest BCUT2D eigenvalue weighted by molar-refractivity contribution is 5.69. The van der Waals surface area contributed by atoms with E-state index in [4.69, 9.17) is 15.1 Å². The molecule has 2 N–H and O–H groups in total. The zero-order chi connectivity index (χ0) is 12.0. The molecule has 16 heavy (non-hydrogen) atoms. The largest absolute Gasteiger partial charge is 0.495 e. The number of methoxy groups -OCH3 is 1. The minimum atomic E-state index is -0.902. The lowest BCUT2D eigenvalue weighted by Gasteiger charge is -2.06. The van der Waals surface area contributed by atoms with E-state index in [9.17, 15) is 4.79 Å². The summed E-state index contributed by atoms with van der Waals surface area (Å²) in [7, 11) is 1.49. The van der Waals surface area contributed by atoms with Gasteiger partial charge in [0.1, 0.15) is 11.8 Å². The van der Waals surface area contributed by atoms with Crippen LogP contribution in [0.5, 0.6) is 5.75 Å². The summed E-state index contributed by atoms with van der Waals surface area (Å²) >= 11 is 0. The summed E-state index contributed by atoms with van der Waals surface area (Å²) in [6.45, 7) is 0.330. The number of nitrogens with one attached hydrogen (secondary N) is 1. The van der Waals surface area contributed by atoms with Crippen LogP contribution >= 0.6 is 0 Å². The first kappa shape index (κ1) is 12.0. The highest BCUT2D eigenvalue weighted by Gasteiger charge is 2.03. The van der Waals surface area contributed by atoms with Crippen LogP contribution in [-0.2, 0) is 11.3 Å². The molecule has 84 valence electrons. The maximum atomic E-state index is 10.3. The lowest BCUT2D eigenvalue weighted by atomic mass is 10.1. The zero-order valence-corrected chi connectivity index (χ0v) is 8.86. The molecule has 0 aliphatic carbocycles. The van der Waals surface area contributed by atoms with E-state index in [-0.39, 0.29) is 6.54 Å². The summed E-state index contributed by atoms with van der Waals surface area (Å²) in [6.07, 6.45) is 0. The highest BCUT2D eigenvalue weighted by atomic mass is 16.5. The molecule has 0 amide bonds. The maximum absolute atomic E-state index is 10.3. The lowest BCUT2D eigenvalue weighted by Crippen LogP contribution is -2.21. The van der Waals surface area contributed by atoms with Gasteiger partial charge in [-0.05, 0) is 17.7 Å². The third-order valence-corrected chi connectivity index (χ3v) is 1.99. The van der Waals surface area contributed by atoms with Crippen LogP contribution in [0.25, 0.3) is 0 Å². The second kappa shape index (κ2) is 5.73. The molecule has 1 aromatic rings. The van der Waals surface area contributed by atoms with Gasteiger partial charge < -0.3 is 15.2 Å². The fourth-order valence-corrected chi connectivity index (χ4v) is 1.25. The van der Waals surface area contributed by atoms with Crippen LogP contribution in [0, 0.1) is 11.3 Å². The predicted molar refractivity (Wildman–Crippen MR) is 57.1 cm³/mol. The number of carboxylic acids is 1. The normalized spacial score (nSPS) is 9.50. The summed E-state index contributed by atoms with van der Waals surface area (Å²) < 4.78 is 5.04. The van der Waals surface area contributed by atoms with Crippen molar-refractivity contribution in [2.45, 2.75) is 6.54 Å². The van der Waals surface area contributed by atoms with Gasteiger partial charge in [0.2, 0.25) is 0 Å². The van der Waals surface area contributed by atoms with Crippen molar-refractivity contribution in [1.82, 2.24) is 5.32 Å². The van der Waals surface area contributed by atoms with Crippen molar-refractivity contribution in [3.8, 4) is 11.8 Å². The van der Waals surface area contributed by atoms with Crippen molar-refractivity contribution in [1.29, 1.82) is 5.26 Å². The Bertz CT molecular complexity index is 424. The van der Waals surface area contributed by atoms with E-state index in [1.54, 1.807) is 18.2 Å². The van der Waals surface area contributed by atoms with Gasteiger partial charge in [-0.25, -0.2) is 0 Å². The van der Waals surface area contributed by atoms with Crippen molar-refractivity contribution in [3.63, 3.8) is 0 Å². The van der Waals surface area contributed by atoms with Crippen molar-refractivity contribution >= 4 is 5.97 Å². The Morgan fingerprint density at radius 3 is 2.94 bits per heavy atom. The molecule has 0 radical (unpaired) electrons. The molecule has 0 atom stereocenters. The Kier molecular flexibility index (Phi) is 4.30. The van der Waals surface area contributed by atoms with Crippen LogP contribution in [0.1, 0.15) is 11.1 Å². The monoisotopic (exact) mass is 220 g/mol. The summed E-state index contributed by atoms with van der Waals surface area (Å²) in [6, 6.07) is 7.13. The van der Waals surface area contributed by atoms with Crippen molar-refractivity contribution in [2.24, 2.45) is 0 Å². The highest BCUT2D eigenvalue weighted by Crippen LogP contribution is 2.18. The molecule has 5 heteroatoms. The number of nitrogens with zero attached hydrogens (tertiary/aromatic N) is 1. The quantitative estimate of drug-likeness (QED) is 0.764. The summed E-state index contributed by atoms with van der Waals surface area (Å²) in [5.74, 6) is -0.405. The van der Waals surface area contributed by atoms with Crippen LogP contribution < -0.4 is 10.1 Å². The van der Waals surface area contributed by atoms with E-state index in [1.165, 1.54) is 7.11 Å². The SMILES string of the molecule is COc1cc(CNCC(=O)O)ccc1C#N. The van der Waals surface area contributed by atoms with Crippen LogP contribution in [0.15, 0.2) is 18.2 Å². The third kappa shape index (κ3) is 3.26. The average Bonchev–Trinajstić information content (AvgIpc) is 2.28. The fraction of sp³-hybridized carbons (Fsp3) is 0.273. The number of rotatable bonds is 5. The molecule has 0 spiro atoms. The molecular weight excluding hydrogens is 208 g/mol. The number of ether oxygens (including phenoxy) is 1. The summed E-state index contributed by atoms with van der Waals surface area (Å²) in [4.78, 5) is 10.3. The van der Waals surface area contributed by atoms with Gasteiger partial charge in [0.05, 0.1) is 19.2 Å². The van der Waals surface area contributed by atoms with Gasteiger partial charge in [-0.15, -0.1) is 0 Å². The summed E-state index contributed by atoms with van der Waals surface area (Å²) in [5, 5.41) is 20.0. The number of benzene rings is 1. The summed E-state index contributed by atoms with van der Waals surface area (Å²) in [5.41, 5.74) is 1.33. The average molecular weight is 220 g/mol. The number of nitriles is 1.